The first-order chi connectivity index (χ1) is 19.4. The van der Waals surface area contributed by atoms with Crippen LogP contribution in [0.2, 0.25) is 0 Å². The van der Waals surface area contributed by atoms with Crippen LogP contribution in [0, 0.1) is 29.2 Å². The van der Waals surface area contributed by atoms with Gasteiger partial charge in [-0.2, -0.15) is 0 Å². The van der Waals surface area contributed by atoms with Crippen LogP contribution < -0.4 is 0 Å². The molecule has 0 bridgehead atoms. The van der Waals surface area contributed by atoms with Crippen LogP contribution in [0.3, 0.4) is 0 Å². The van der Waals surface area contributed by atoms with Crippen molar-refractivity contribution in [1.82, 2.24) is 0 Å². The molecule has 1 unspecified atom stereocenters. The van der Waals surface area contributed by atoms with Gasteiger partial charge in [0.25, 0.3) is 0 Å². The molecule has 1 aliphatic carbocycles. The lowest BCUT2D eigenvalue weighted by Crippen LogP contribution is -2.06. The lowest BCUT2D eigenvalue weighted by molar-refractivity contribution is 0.443. The van der Waals surface area contributed by atoms with E-state index in [1.54, 1.807) is 48.5 Å². The monoisotopic (exact) mass is 550 g/mol. The second-order valence-electron chi connectivity index (χ2n) is 11.3. The number of allylic oxidation sites excluding steroid dienone is 2. The van der Waals surface area contributed by atoms with Crippen molar-refractivity contribution in [2.24, 2.45) is 5.92 Å². The summed E-state index contributed by atoms with van der Waals surface area (Å²) < 4.78 is 60.2. The second kappa shape index (κ2) is 14.7. The van der Waals surface area contributed by atoms with Crippen molar-refractivity contribution in [3.05, 3.63) is 89.0 Å². The van der Waals surface area contributed by atoms with E-state index in [0.29, 0.717) is 34.6 Å². The van der Waals surface area contributed by atoms with Gasteiger partial charge in [0.1, 0.15) is 0 Å². The Balaban J connectivity index is 1.44. The lowest BCUT2D eigenvalue weighted by Gasteiger charge is -2.22. The van der Waals surface area contributed by atoms with Crippen molar-refractivity contribution in [3.63, 3.8) is 0 Å². The van der Waals surface area contributed by atoms with Crippen molar-refractivity contribution < 1.29 is 17.6 Å². The van der Waals surface area contributed by atoms with Crippen LogP contribution in [0.25, 0.3) is 27.8 Å². The zero-order valence-electron chi connectivity index (χ0n) is 24.0. The lowest BCUT2D eigenvalue weighted by atomic mass is 9.84. The molecule has 0 aliphatic heterocycles. The Morgan fingerprint density at radius 2 is 1.15 bits per heavy atom. The average molecular weight is 551 g/mol. The quantitative estimate of drug-likeness (QED) is 0.147. The summed E-state index contributed by atoms with van der Waals surface area (Å²) in [6.45, 7) is 4.36. The molecule has 0 radical (unpaired) electrons. The molecule has 3 aromatic rings. The predicted octanol–water partition coefficient (Wildman–Crippen LogP) is 11.9. The van der Waals surface area contributed by atoms with Gasteiger partial charge in [-0.05, 0) is 60.3 Å². The van der Waals surface area contributed by atoms with E-state index >= 15 is 13.2 Å². The van der Waals surface area contributed by atoms with Gasteiger partial charge in [0.2, 0.25) is 0 Å². The van der Waals surface area contributed by atoms with E-state index in [4.69, 9.17) is 0 Å². The summed E-state index contributed by atoms with van der Waals surface area (Å²) in [6.07, 6.45) is 15.4. The molecule has 0 amide bonds. The van der Waals surface area contributed by atoms with Gasteiger partial charge in [0, 0.05) is 16.7 Å². The van der Waals surface area contributed by atoms with Crippen molar-refractivity contribution in [1.29, 1.82) is 0 Å². The van der Waals surface area contributed by atoms with E-state index in [-0.39, 0.29) is 11.1 Å². The van der Waals surface area contributed by atoms with Crippen LogP contribution in [0.5, 0.6) is 0 Å². The topological polar surface area (TPSA) is 0 Å². The highest BCUT2D eigenvalue weighted by Crippen LogP contribution is 2.37. The molecular formula is C36H42F4. The number of hydrogen-bond donors (Lipinski definition) is 0. The summed E-state index contributed by atoms with van der Waals surface area (Å²) in [5, 5.41) is 0. The second-order valence-corrected chi connectivity index (χ2v) is 11.3. The maximum atomic E-state index is 15.2. The largest absolute Gasteiger partial charge is 0.203 e. The Morgan fingerprint density at radius 3 is 1.75 bits per heavy atom. The van der Waals surface area contributed by atoms with Crippen LogP contribution in [0.4, 0.5) is 17.6 Å². The molecule has 0 heterocycles. The van der Waals surface area contributed by atoms with Crippen LogP contribution >= 0.6 is 0 Å². The summed E-state index contributed by atoms with van der Waals surface area (Å²) in [6, 6.07) is 13.1. The summed E-state index contributed by atoms with van der Waals surface area (Å²) >= 11 is 0. The predicted molar refractivity (Wildman–Crippen MR) is 159 cm³/mol. The van der Waals surface area contributed by atoms with Crippen LogP contribution in [-0.2, 0) is 6.42 Å². The first-order valence-corrected chi connectivity index (χ1v) is 15.2. The average Bonchev–Trinajstić information content (AvgIpc) is 2.97. The van der Waals surface area contributed by atoms with E-state index in [1.807, 2.05) is 0 Å². The molecule has 40 heavy (non-hydrogen) atoms. The molecule has 0 saturated carbocycles. The molecule has 0 N–H and O–H groups in total. The molecule has 1 aliphatic rings. The minimum Gasteiger partial charge on any atom is -0.203 e. The maximum absolute atomic E-state index is 15.2. The van der Waals surface area contributed by atoms with Crippen molar-refractivity contribution in [2.45, 2.75) is 97.3 Å². The standard InChI is InChI=1S/C36H42F4/c1-3-5-6-7-8-9-10-12-29-21-22-30(34(38)33(29)37)27-17-19-28(20-18-27)32-24-23-31(35(39)36(32)40)26-15-13-25(11-4-2)14-16-26/h15,17-25H,3-14,16H2,1-2H3. The fourth-order valence-electron chi connectivity index (χ4n) is 5.93. The summed E-state index contributed by atoms with van der Waals surface area (Å²) in [4.78, 5) is 0. The normalized spacial score (nSPS) is 15.3. The zero-order valence-corrected chi connectivity index (χ0v) is 24.0. The third-order valence-corrected chi connectivity index (χ3v) is 8.36. The number of aryl methyl sites for hydroxylation is 1. The smallest absolute Gasteiger partial charge is 0.167 e. The Labute approximate surface area is 237 Å². The summed E-state index contributed by atoms with van der Waals surface area (Å²) in [7, 11) is 0. The van der Waals surface area contributed by atoms with E-state index in [9.17, 15) is 4.39 Å². The van der Waals surface area contributed by atoms with Crippen LogP contribution in [-0.4, -0.2) is 0 Å². The first-order valence-electron chi connectivity index (χ1n) is 15.2. The highest BCUT2D eigenvalue weighted by Gasteiger charge is 2.21. The van der Waals surface area contributed by atoms with Gasteiger partial charge in [0.15, 0.2) is 23.3 Å². The molecule has 0 fully saturated rings. The van der Waals surface area contributed by atoms with E-state index < -0.39 is 23.3 Å². The fraction of sp³-hybridized carbons (Fsp3) is 0.444. The first kappa shape index (κ1) is 30.1. The van der Waals surface area contributed by atoms with Gasteiger partial charge in [-0.1, -0.05) is 120 Å². The van der Waals surface area contributed by atoms with E-state index in [2.05, 4.69) is 19.9 Å². The molecule has 4 heteroatoms. The SMILES string of the molecule is CCCCCCCCCc1ccc(-c2ccc(-c3ccc(C4=CCC(CCC)CC4)c(F)c3F)cc2)c(F)c1F. The minimum atomic E-state index is -0.881. The van der Waals surface area contributed by atoms with Gasteiger partial charge in [-0.25, -0.2) is 17.6 Å². The molecule has 0 saturated heterocycles. The molecule has 0 spiro atoms. The van der Waals surface area contributed by atoms with Crippen LogP contribution in [0.1, 0.15) is 102 Å². The Hall–Kier alpha value is -2.88. The Bertz CT molecular complexity index is 1290. The Morgan fingerprint density at radius 1 is 0.600 bits per heavy atom. The highest BCUT2D eigenvalue weighted by atomic mass is 19.2. The number of unbranched alkanes of at least 4 members (excludes halogenated alkanes) is 6. The Kier molecular flexibility index (Phi) is 11.0. The number of halogens is 4. The molecule has 0 nitrogen and oxygen atoms in total. The highest BCUT2D eigenvalue weighted by molar-refractivity contribution is 5.74. The third kappa shape index (κ3) is 7.25. The maximum Gasteiger partial charge on any atom is 0.167 e. The van der Waals surface area contributed by atoms with E-state index in [1.165, 1.54) is 25.7 Å². The van der Waals surface area contributed by atoms with E-state index in [0.717, 1.165) is 56.9 Å². The molecule has 4 rings (SSSR count). The summed E-state index contributed by atoms with van der Waals surface area (Å²) in [5.41, 5.74) is 2.92. The minimum absolute atomic E-state index is 0.157. The number of rotatable bonds is 13. The number of benzene rings is 3. The molecule has 3 aromatic carbocycles. The zero-order chi connectivity index (χ0) is 28.5. The molecular weight excluding hydrogens is 508 g/mol. The third-order valence-electron chi connectivity index (χ3n) is 8.36. The number of hydrogen-bond acceptors (Lipinski definition) is 0. The van der Waals surface area contributed by atoms with Crippen LogP contribution in [0.15, 0.2) is 54.6 Å². The fourth-order valence-corrected chi connectivity index (χ4v) is 5.93. The van der Waals surface area contributed by atoms with Crippen molar-refractivity contribution in [2.75, 3.05) is 0 Å². The molecule has 0 aromatic heterocycles. The molecule has 214 valence electrons. The van der Waals surface area contributed by atoms with Crippen molar-refractivity contribution >= 4 is 5.57 Å². The summed E-state index contributed by atoms with van der Waals surface area (Å²) in [5.74, 6) is -2.75. The van der Waals surface area contributed by atoms with Gasteiger partial charge in [-0.3, -0.25) is 0 Å². The van der Waals surface area contributed by atoms with Gasteiger partial charge >= 0.3 is 0 Å². The van der Waals surface area contributed by atoms with Gasteiger partial charge < -0.3 is 0 Å². The molecule has 1 atom stereocenters. The van der Waals surface area contributed by atoms with Gasteiger partial charge in [0.05, 0.1) is 0 Å². The van der Waals surface area contributed by atoms with Gasteiger partial charge in [-0.15, -0.1) is 0 Å². The van der Waals surface area contributed by atoms with Crippen molar-refractivity contribution in [3.8, 4) is 22.3 Å².